The molecule has 9 heteroatoms. The van der Waals surface area contributed by atoms with Crippen LogP contribution in [0.3, 0.4) is 0 Å². The van der Waals surface area contributed by atoms with Gasteiger partial charge in [-0.25, -0.2) is 4.39 Å². The first-order valence-corrected chi connectivity index (χ1v) is 10.7. The van der Waals surface area contributed by atoms with Crippen LogP contribution in [0.2, 0.25) is 5.02 Å². The van der Waals surface area contributed by atoms with Crippen molar-refractivity contribution in [3.63, 3.8) is 0 Å². The quantitative estimate of drug-likeness (QED) is 0.674. The Morgan fingerprint density at radius 1 is 1.10 bits per heavy atom. The monoisotopic (exact) mass is 462 g/mol. The van der Waals surface area contributed by atoms with Gasteiger partial charge in [-0.2, -0.15) is 0 Å². The van der Waals surface area contributed by atoms with Gasteiger partial charge in [0.25, 0.3) is 5.91 Å². The van der Waals surface area contributed by atoms with E-state index in [4.69, 9.17) is 23.8 Å². The molecule has 2 amide bonds. The fourth-order valence-electron chi connectivity index (χ4n) is 3.41. The van der Waals surface area contributed by atoms with Crippen LogP contribution in [0.4, 0.5) is 15.8 Å². The highest BCUT2D eigenvalue weighted by atomic mass is 35.5. The Labute approximate surface area is 191 Å². The summed E-state index contributed by atoms with van der Waals surface area (Å²) in [4.78, 5) is 28.5. The molecule has 0 bridgehead atoms. The summed E-state index contributed by atoms with van der Waals surface area (Å²) in [5.74, 6) is -0.915. The number of carbonyl (C=O) groups excluding carboxylic acids is 2. The van der Waals surface area contributed by atoms with Crippen LogP contribution in [0.15, 0.2) is 42.5 Å². The topological polar surface area (TPSA) is 64.7 Å². The number of thiocarbonyl (C=S) groups is 1. The van der Waals surface area contributed by atoms with Gasteiger partial charge in [-0.15, -0.1) is 0 Å². The summed E-state index contributed by atoms with van der Waals surface area (Å²) in [7, 11) is 0. The number of halogens is 2. The van der Waals surface area contributed by atoms with Crippen LogP contribution in [0.1, 0.15) is 24.2 Å². The standard InChI is InChI=1S/C22H24ClFN4O2S/c1-14(2)21(30)28-11-9-27(10-12-28)19-17(23)7-4-8-18(19)25-22(31)26-20(29)15-5-3-6-16(24)13-15/h3-8,13-14H,9-12H2,1-2H3,(H2,25,26,29,31). The molecule has 0 aliphatic carbocycles. The number of amides is 2. The lowest BCUT2D eigenvalue weighted by Crippen LogP contribution is -2.50. The van der Waals surface area contributed by atoms with Crippen molar-refractivity contribution < 1.29 is 14.0 Å². The van der Waals surface area contributed by atoms with E-state index in [0.717, 1.165) is 11.8 Å². The number of anilines is 2. The number of nitrogens with zero attached hydrogens (tertiary/aromatic N) is 2. The molecule has 2 aromatic carbocycles. The van der Waals surface area contributed by atoms with E-state index in [1.54, 1.807) is 12.1 Å². The number of rotatable bonds is 4. The van der Waals surface area contributed by atoms with Crippen molar-refractivity contribution in [2.75, 3.05) is 36.4 Å². The summed E-state index contributed by atoms with van der Waals surface area (Å²) >= 11 is 11.8. The van der Waals surface area contributed by atoms with Crippen molar-refractivity contribution in [3.05, 3.63) is 58.9 Å². The Kier molecular flexibility index (Phi) is 7.46. The van der Waals surface area contributed by atoms with Crippen molar-refractivity contribution in [3.8, 4) is 0 Å². The molecular formula is C22H24ClFN4O2S. The predicted octanol–water partition coefficient (Wildman–Crippen LogP) is 3.91. The van der Waals surface area contributed by atoms with Gasteiger partial charge < -0.3 is 15.1 Å². The maximum absolute atomic E-state index is 13.4. The SMILES string of the molecule is CC(C)C(=O)N1CCN(c2c(Cl)cccc2NC(=S)NC(=O)c2cccc(F)c2)CC1. The molecule has 31 heavy (non-hydrogen) atoms. The third-order valence-corrected chi connectivity index (χ3v) is 5.46. The molecule has 1 aliphatic rings. The van der Waals surface area contributed by atoms with Gasteiger partial charge in [-0.1, -0.05) is 37.6 Å². The van der Waals surface area contributed by atoms with Crippen LogP contribution in [0.5, 0.6) is 0 Å². The second-order valence-electron chi connectivity index (χ2n) is 7.52. The first-order valence-electron chi connectivity index (χ1n) is 9.96. The molecule has 2 aromatic rings. The molecular weight excluding hydrogens is 439 g/mol. The Morgan fingerprint density at radius 3 is 2.42 bits per heavy atom. The molecule has 3 rings (SSSR count). The Bertz CT molecular complexity index is 993. The minimum Gasteiger partial charge on any atom is -0.365 e. The van der Waals surface area contributed by atoms with E-state index in [-0.39, 0.29) is 22.5 Å². The van der Waals surface area contributed by atoms with Crippen LogP contribution >= 0.6 is 23.8 Å². The molecule has 1 aliphatic heterocycles. The lowest BCUT2D eigenvalue weighted by Gasteiger charge is -2.38. The van der Waals surface area contributed by atoms with Crippen LogP contribution in [-0.4, -0.2) is 48.0 Å². The summed E-state index contributed by atoms with van der Waals surface area (Å²) in [5, 5.41) is 6.18. The average molecular weight is 463 g/mol. The third kappa shape index (κ3) is 5.71. The Balaban J connectivity index is 1.69. The lowest BCUT2D eigenvalue weighted by atomic mass is 10.1. The molecule has 1 heterocycles. The zero-order chi connectivity index (χ0) is 22.5. The molecule has 1 saturated heterocycles. The zero-order valence-corrected chi connectivity index (χ0v) is 18.9. The molecule has 1 fully saturated rings. The molecule has 0 spiro atoms. The smallest absolute Gasteiger partial charge is 0.257 e. The largest absolute Gasteiger partial charge is 0.365 e. The van der Waals surface area contributed by atoms with Crippen LogP contribution in [0.25, 0.3) is 0 Å². The van der Waals surface area contributed by atoms with E-state index in [1.165, 1.54) is 18.2 Å². The van der Waals surface area contributed by atoms with Gasteiger partial charge >= 0.3 is 0 Å². The van der Waals surface area contributed by atoms with E-state index in [1.807, 2.05) is 24.8 Å². The van der Waals surface area contributed by atoms with Crippen LogP contribution in [-0.2, 0) is 4.79 Å². The Hall–Kier alpha value is -2.71. The second kappa shape index (κ2) is 10.1. The maximum atomic E-state index is 13.4. The van der Waals surface area contributed by atoms with Crippen molar-refractivity contribution in [1.82, 2.24) is 10.2 Å². The van der Waals surface area contributed by atoms with Crippen molar-refractivity contribution in [1.29, 1.82) is 0 Å². The number of hydrogen-bond acceptors (Lipinski definition) is 4. The minimum absolute atomic E-state index is 0.0387. The zero-order valence-electron chi connectivity index (χ0n) is 17.3. The molecule has 0 saturated carbocycles. The van der Waals surface area contributed by atoms with Gasteiger partial charge in [-0.3, -0.25) is 14.9 Å². The van der Waals surface area contributed by atoms with E-state index >= 15 is 0 Å². The van der Waals surface area contributed by atoms with E-state index in [2.05, 4.69) is 15.5 Å². The molecule has 6 nitrogen and oxygen atoms in total. The fraction of sp³-hybridized carbons (Fsp3) is 0.318. The second-order valence-corrected chi connectivity index (χ2v) is 8.34. The molecule has 0 radical (unpaired) electrons. The molecule has 164 valence electrons. The van der Waals surface area contributed by atoms with Gasteiger partial charge in [0.2, 0.25) is 5.91 Å². The highest BCUT2D eigenvalue weighted by molar-refractivity contribution is 7.80. The molecule has 2 N–H and O–H groups in total. The van der Waals surface area contributed by atoms with Crippen molar-refractivity contribution in [2.24, 2.45) is 5.92 Å². The van der Waals surface area contributed by atoms with Gasteiger partial charge in [0.1, 0.15) is 5.82 Å². The molecule has 0 atom stereocenters. The van der Waals surface area contributed by atoms with Gasteiger partial charge in [0.05, 0.1) is 16.4 Å². The molecule has 0 unspecified atom stereocenters. The minimum atomic E-state index is -0.513. The lowest BCUT2D eigenvalue weighted by molar-refractivity contribution is -0.134. The number of para-hydroxylation sites is 1. The summed E-state index contributed by atoms with van der Waals surface area (Å²) < 4.78 is 13.4. The van der Waals surface area contributed by atoms with E-state index in [0.29, 0.717) is 36.9 Å². The highest BCUT2D eigenvalue weighted by Crippen LogP contribution is 2.34. The van der Waals surface area contributed by atoms with Gasteiger partial charge in [0, 0.05) is 37.7 Å². The third-order valence-electron chi connectivity index (χ3n) is 4.95. The average Bonchev–Trinajstić information content (AvgIpc) is 2.73. The summed E-state index contributed by atoms with van der Waals surface area (Å²) in [6.07, 6.45) is 0. The van der Waals surface area contributed by atoms with Gasteiger partial charge in [0.15, 0.2) is 5.11 Å². The normalized spacial score (nSPS) is 13.8. The Morgan fingerprint density at radius 2 is 1.77 bits per heavy atom. The van der Waals surface area contributed by atoms with E-state index in [9.17, 15) is 14.0 Å². The van der Waals surface area contributed by atoms with Crippen molar-refractivity contribution >= 4 is 52.1 Å². The number of carbonyl (C=O) groups is 2. The number of piperazine rings is 1. The summed E-state index contributed by atoms with van der Waals surface area (Å²) in [6, 6.07) is 10.7. The number of benzene rings is 2. The first kappa shape index (κ1) is 23.0. The fourth-order valence-corrected chi connectivity index (χ4v) is 3.91. The number of hydrogen-bond donors (Lipinski definition) is 2. The molecule has 0 aromatic heterocycles. The van der Waals surface area contributed by atoms with Gasteiger partial charge in [-0.05, 0) is 42.5 Å². The number of nitrogens with one attached hydrogen (secondary N) is 2. The van der Waals surface area contributed by atoms with Crippen LogP contribution < -0.4 is 15.5 Å². The van der Waals surface area contributed by atoms with Crippen LogP contribution in [0, 0.1) is 11.7 Å². The van der Waals surface area contributed by atoms with E-state index < -0.39 is 11.7 Å². The first-order chi connectivity index (χ1) is 14.8. The highest BCUT2D eigenvalue weighted by Gasteiger charge is 2.25. The maximum Gasteiger partial charge on any atom is 0.257 e. The summed E-state index contributed by atoms with van der Waals surface area (Å²) in [6.45, 7) is 6.23. The summed E-state index contributed by atoms with van der Waals surface area (Å²) in [5.41, 5.74) is 1.56. The van der Waals surface area contributed by atoms with Crippen molar-refractivity contribution in [2.45, 2.75) is 13.8 Å². The predicted molar refractivity (Wildman–Crippen MR) is 125 cm³/mol.